The summed E-state index contributed by atoms with van der Waals surface area (Å²) in [6, 6.07) is 8.78. The van der Waals surface area contributed by atoms with E-state index in [1.807, 2.05) is 6.07 Å². The van der Waals surface area contributed by atoms with E-state index in [9.17, 15) is 14.9 Å². The minimum atomic E-state index is -0.575. The lowest BCUT2D eigenvalue weighted by Gasteiger charge is -2.06. The maximum atomic E-state index is 12.3. The molecule has 0 saturated heterocycles. The van der Waals surface area contributed by atoms with E-state index in [1.54, 1.807) is 31.2 Å². The summed E-state index contributed by atoms with van der Waals surface area (Å²) in [7, 11) is 0. The molecule has 0 aliphatic heterocycles. The largest absolute Gasteiger partial charge is 0.322 e. The van der Waals surface area contributed by atoms with Crippen LogP contribution in [0.25, 0.3) is 0 Å². The number of hydrogen-bond acceptors (Lipinski definition) is 4. The normalized spacial score (nSPS) is 10.3. The molecule has 2 aromatic rings. The number of carbonyl (C=O) groups excluding carboxylic acids is 1. The lowest BCUT2D eigenvalue weighted by Crippen LogP contribution is -2.18. The van der Waals surface area contributed by atoms with Crippen molar-refractivity contribution in [3.8, 4) is 0 Å². The number of nitrogens with one attached hydrogen (secondary N) is 1. The second-order valence-corrected chi connectivity index (χ2v) is 4.18. The summed E-state index contributed by atoms with van der Waals surface area (Å²) < 4.78 is 1.34. The van der Waals surface area contributed by atoms with E-state index >= 15 is 0 Å². The number of aromatic nitrogens is 2. The molecule has 0 bridgehead atoms. The zero-order valence-corrected chi connectivity index (χ0v) is 11.2. The second-order valence-electron chi connectivity index (χ2n) is 4.18. The maximum absolute atomic E-state index is 12.3. The van der Waals surface area contributed by atoms with Crippen LogP contribution in [0.2, 0.25) is 0 Å². The zero-order chi connectivity index (χ0) is 14.7. The van der Waals surface area contributed by atoms with Gasteiger partial charge in [0.15, 0.2) is 0 Å². The predicted octanol–water partition coefficient (Wildman–Crippen LogP) is 2.37. The quantitative estimate of drug-likeness (QED) is 0.684. The molecule has 20 heavy (non-hydrogen) atoms. The summed E-state index contributed by atoms with van der Waals surface area (Å²) in [6.07, 6.45) is 0. The van der Waals surface area contributed by atoms with Gasteiger partial charge in [0.25, 0.3) is 5.91 Å². The Labute approximate surface area is 115 Å². The molecule has 0 saturated carbocycles. The average Bonchev–Trinajstić information content (AvgIpc) is 2.76. The molecule has 0 aliphatic rings. The van der Waals surface area contributed by atoms with Crippen LogP contribution in [0.5, 0.6) is 0 Å². The summed E-state index contributed by atoms with van der Waals surface area (Å²) in [5, 5.41) is 17.8. The monoisotopic (exact) mass is 274 g/mol. The van der Waals surface area contributed by atoms with Crippen LogP contribution >= 0.6 is 0 Å². The fraction of sp³-hybridized carbons (Fsp3) is 0.231. The number of nitrogens with zero attached hydrogens (tertiary/aromatic N) is 3. The number of hydrogen-bond donors (Lipinski definition) is 1. The van der Waals surface area contributed by atoms with Crippen LogP contribution in [-0.4, -0.2) is 20.6 Å². The molecular formula is C13H14N4O3. The summed E-state index contributed by atoms with van der Waals surface area (Å²) in [4.78, 5) is 22.8. The fourth-order valence-corrected chi connectivity index (χ4v) is 1.96. The Kier molecular flexibility index (Phi) is 3.79. The van der Waals surface area contributed by atoms with Crippen molar-refractivity contribution in [3.05, 3.63) is 51.8 Å². The summed E-state index contributed by atoms with van der Waals surface area (Å²) in [5.41, 5.74) is 0.530. The number of rotatable bonds is 4. The molecule has 0 aliphatic carbocycles. The van der Waals surface area contributed by atoms with Crippen LogP contribution in [0.1, 0.15) is 23.1 Å². The highest BCUT2D eigenvalue weighted by Crippen LogP contribution is 2.24. The van der Waals surface area contributed by atoms with Gasteiger partial charge in [0.1, 0.15) is 5.69 Å². The maximum Gasteiger partial charge on any atom is 0.322 e. The molecule has 0 spiro atoms. The Morgan fingerprint density at radius 1 is 1.40 bits per heavy atom. The lowest BCUT2D eigenvalue weighted by molar-refractivity contribution is -0.385. The van der Waals surface area contributed by atoms with Crippen LogP contribution in [0.4, 0.5) is 11.4 Å². The molecule has 0 unspecified atom stereocenters. The number of nitro groups is 1. The van der Waals surface area contributed by atoms with E-state index in [-0.39, 0.29) is 17.1 Å². The summed E-state index contributed by atoms with van der Waals surface area (Å²) in [6.45, 7) is 3.67. The van der Waals surface area contributed by atoms with E-state index in [2.05, 4.69) is 10.4 Å². The number of benzene rings is 1. The predicted molar refractivity (Wildman–Crippen MR) is 73.7 cm³/mol. The van der Waals surface area contributed by atoms with Gasteiger partial charge < -0.3 is 5.32 Å². The molecule has 7 heteroatoms. The van der Waals surface area contributed by atoms with Gasteiger partial charge in [-0.25, -0.2) is 0 Å². The first-order valence-electron chi connectivity index (χ1n) is 6.12. The topological polar surface area (TPSA) is 90.1 Å². The van der Waals surface area contributed by atoms with Crippen LogP contribution in [0.3, 0.4) is 0 Å². The first kappa shape index (κ1) is 13.7. The second kappa shape index (κ2) is 5.52. The molecule has 104 valence electrons. The molecule has 1 aromatic heterocycles. The molecule has 7 nitrogen and oxygen atoms in total. The van der Waals surface area contributed by atoms with E-state index in [0.29, 0.717) is 12.2 Å². The fourth-order valence-electron chi connectivity index (χ4n) is 1.96. The highest BCUT2D eigenvalue weighted by atomic mass is 16.6. The van der Waals surface area contributed by atoms with Crippen molar-refractivity contribution in [1.82, 2.24) is 9.78 Å². The third kappa shape index (κ3) is 2.51. The standard InChI is InChI=1S/C13H14N4O3/c1-3-16-12(11(17(19)20)9(2)15-16)13(18)14-10-7-5-4-6-8-10/h4-8H,3H2,1-2H3,(H,14,18). The smallest absolute Gasteiger partial charge is 0.320 e. The zero-order valence-electron chi connectivity index (χ0n) is 11.2. The molecule has 0 atom stereocenters. The van der Waals surface area contributed by atoms with Gasteiger partial charge in [-0.3, -0.25) is 19.6 Å². The number of carbonyl (C=O) groups is 1. The molecule has 1 amide bonds. The first-order chi connectivity index (χ1) is 9.54. The Hall–Kier alpha value is -2.70. The number of amides is 1. The van der Waals surface area contributed by atoms with Gasteiger partial charge in [-0.2, -0.15) is 5.10 Å². The minimum Gasteiger partial charge on any atom is -0.320 e. The van der Waals surface area contributed by atoms with Gasteiger partial charge in [0.2, 0.25) is 5.69 Å². The minimum absolute atomic E-state index is 0.0288. The molecule has 0 radical (unpaired) electrons. The van der Waals surface area contributed by atoms with Crippen LogP contribution in [0, 0.1) is 17.0 Å². The molecule has 0 fully saturated rings. The van der Waals surface area contributed by atoms with E-state index in [1.165, 1.54) is 11.6 Å². The van der Waals surface area contributed by atoms with Crippen molar-refractivity contribution >= 4 is 17.3 Å². The Balaban J connectivity index is 2.41. The van der Waals surface area contributed by atoms with Gasteiger partial charge in [-0.05, 0) is 26.0 Å². The molecule has 1 N–H and O–H groups in total. The molecular weight excluding hydrogens is 260 g/mol. The number of aryl methyl sites for hydroxylation is 2. The average molecular weight is 274 g/mol. The SMILES string of the molecule is CCn1nc(C)c([N+](=O)[O-])c1C(=O)Nc1ccccc1. The highest BCUT2D eigenvalue weighted by Gasteiger charge is 2.29. The lowest BCUT2D eigenvalue weighted by atomic mass is 10.2. The Morgan fingerprint density at radius 3 is 2.60 bits per heavy atom. The molecule has 1 heterocycles. The van der Waals surface area contributed by atoms with Crippen LogP contribution in [-0.2, 0) is 6.54 Å². The third-order valence-corrected chi connectivity index (χ3v) is 2.82. The van der Waals surface area contributed by atoms with Gasteiger partial charge in [0.05, 0.1) is 4.92 Å². The van der Waals surface area contributed by atoms with Crippen molar-refractivity contribution in [2.45, 2.75) is 20.4 Å². The number of anilines is 1. The first-order valence-corrected chi connectivity index (χ1v) is 6.12. The van der Waals surface area contributed by atoms with Crippen molar-refractivity contribution in [2.24, 2.45) is 0 Å². The molecule has 1 aromatic carbocycles. The van der Waals surface area contributed by atoms with Crippen LogP contribution < -0.4 is 5.32 Å². The van der Waals surface area contributed by atoms with Crippen molar-refractivity contribution in [2.75, 3.05) is 5.32 Å². The van der Waals surface area contributed by atoms with Crippen molar-refractivity contribution in [3.63, 3.8) is 0 Å². The van der Waals surface area contributed by atoms with Crippen molar-refractivity contribution in [1.29, 1.82) is 0 Å². The molecule has 2 rings (SSSR count). The van der Waals surface area contributed by atoms with E-state index in [0.717, 1.165) is 0 Å². The van der Waals surface area contributed by atoms with Gasteiger partial charge in [0, 0.05) is 12.2 Å². The third-order valence-electron chi connectivity index (χ3n) is 2.82. The van der Waals surface area contributed by atoms with Gasteiger partial charge in [-0.15, -0.1) is 0 Å². The van der Waals surface area contributed by atoms with Gasteiger partial charge in [-0.1, -0.05) is 18.2 Å². The Morgan fingerprint density at radius 2 is 2.05 bits per heavy atom. The summed E-state index contributed by atoms with van der Waals surface area (Å²) in [5.74, 6) is -0.537. The van der Waals surface area contributed by atoms with E-state index in [4.69, 9.17) is 0 Å². The number of para-hydroxylation sites is 1. The van der Waals surface area contributed by atoms with Crippen LogP contribution in [0.15, 0.2) is 30.3 Å². The highest BCUT2D eigenvalue weighted by molar-refractivity contribution is 6.06. The van der Waals surface area contributed by atoms with Gasteiger partial charge >= 0.3 is 5.69 Å². The van der Waals surface area contributed by atoms with Crippen molar-refractivity contribution < 1.29 is 9.72 Å². The van der Waals surface area contributed by atoms with E-state index < -0.39 is 10.8 Å². The summed E-state index contributed by atoms with van der Waals surface area (Å²) >= 11 is 0. The Bertz CT molecular complexity index is 649.